The lowest BCUT2D eigenvalue weighted by Crippen LogP contribution is -2.30. The number of anilines is 1. The van der Waals surface area contributed by atoms with E-state index in [1.165, 1.54) is 4.90 Å². The van der Waals surface area contributed by atoms with Gasteiger partial charge >= 0.3 is 0 Å². The van der Waals surface area contributed by atoms with Crippen molar-refractivity contribution in [1.82, 2.24) is 4.90 Å². The average Bonchev–Trinajstić information content (AvgIpc) is 3.25. The molecule has 1 saturated heterocycles. The third-order valence-corrected chi connectivity index (χ3v) is 4.80. The number of carbonyl (C=O) groups excluding carboxylic acids is 3. The fourth-order valence-electron chi connectivity index (χ4n) is 3.44. The minimum absolute atomic E-state index is 0.131. The fourth-order valence-corrected chi connectivity index (χ4v) is 3.44. The monoisotopic (exact) mass is 334 g/mol. The lowest BCUT2D eigenvalue weighted by atomic mass is 10.1. The van der Waals surface area contributed by atoms with Crippen LogP contribution >= 0.6 is 0 Å². The summed E-state index contributed by atoms with van der Waals surface area (Å²) in [5, 5.41) is 0. The quantitative estimate of drug-likeness (QED) is 0.811. The normalized spacial score (nSPS) is 16.5. The van der Waals surface area contributed by atoms with Crippen molar-refractivity contribution >= 4 is 23.4 Å². The summed E-state index contributed by atoms with van der Waals surface area (Å²) in [5.74, 6) is -0.478. The molecule has 2 aromatic carbocycles. The molecule has 2 aromatic rings. The van der Waals surface area contributed by atoms with E-state index < -0.39 is 0 Å². The van der Waals surface area contributed by atoms with Crippen LogP contribution in [-0.4, -0.2) is 35.7 Å². The third-order valence-electron chi connectivity index (χ3n) is 4.80. The third kappa shape index (κ3) is 2.71. The van der Waals surface area contributed by atoms with Crippen LogP contribution in [0.5, 0.6) is 0 Å². The maximum absolute atomic E-state index is 12.5. The lowest BCUT2D eigenvalue weighted by Gasteiger charge is -2.16. The van der Waals surface area contributed by atoms with Crippen molar-refractivity contribution in [2.24, 2.45) is 0 Å². The van der Waals surface area contributed by atoms with Crippen molar-refractivity contribution < 1.29 is 14.4 Å². The Kier molecular flexibility index (Phi) is 3.84. The predicted molar refractivity (Wildman–Crippen MR) is 93.5 cm³/mol. The second-order valence-corrected chi connectivity index (χ2v) is 6.42. The molecule has 2 heterocycles. The van der Waals surface area contributed by atoms with Crippen LogP contribution in [0.25, 0.3) is 0 Å². The van der Waals surface area contributed by atoms with Crippen LogP contribution in [0.1, 0.15) is 39.1 Å². The topological polar surface area (TPSA) is 57.7 Å². The van der Waals surface area contributed by atoms with Crippen LogP contribution in [0.15, 0.2) is 48.5 Å². The Morgan fingerprint density at radius 2 is 1.40 bits per heavy atom. The van der Waals surface area contributed by atoms with Gasteiger partial charge in [0.15, 0.2) is 0 Å². The number of rotatable bonds is 3. The molecule has 5 heteroatoms. The van der Waals surface area contributed by atoms with Gasteiger partial charge in [0.1, 0.15) is 0 Å². The van der Waals surface area contributed by atoms with Crippen LogP contribution in [-0.2, 0) is 11.2 Å². The standard InChI is InChI=1S/C20H18N2O3/c23-18(21-11-3-4-12-21)13-14-7-9-15(10-8-14)22-19(24)16-5-1-2-6-17(16)20(22)25/h1-2,5-10H,3-4,11-13H2. The molecule has 0 N–H and O–H groups in total. The molecule has 1 fully saturated rings. The fraction of sp³-hybridized carbons (Fsp3) is 0.250. The smallest absolute Gasteiger partial charge is 0.266 e. The van der Waals surface area contributed by atoms with Gasteiger partial charge < -0.3 is 4.90 Å². The minimum atomic E-state index is -0.304. The lowest BCUT2D eigenvalue weighted by molar-refractivity contribution is -0.129. The number of carbonyl (C=O) groups is 3. The molecule has 0 aromatic heterocycles. The Morgan fingerprint density at radius 1 is 0.840 bits per heavy atom. The van der Waals surface area contributed by atoms with Gasteiger partial charge in [-0.25, -0.2) is 4.90 Å². The van der Waals surface area contributed by atoms with Crippen molar-refractivity contribution in [2.45, 2.75) is 19.3 Å². The first kappa shape index (κ1) is 15.6. The number of nitrogens with zero attached hydrogens (tertiary/aromatic N) is 2. The van der Waals surface area contributed by atoms with Crippen LogP contribution in [0.3, 0.4) is 0 Å². The maximum Gasteiger partial charge on any atom is 0.266 e. The second-order valence-electron chi connectivity index (χ2n) is 6.42. The molecule has 5 nitrogen and oxygen atoms in total. The van der Waals surface area contributed by atoms with Crippen LogP contribution in [0.4, 0.5) is 5.69 Å². The molecular formula is C20H18N2O3. The van der Waals surface area contributed by atoms with Gasteiger partial charge in [-0.15, -0.1) is 0 Å². The van der Waals surface area contributed by atoms with Gasteiger partial charge in [0, 0.05) is 13.1 Å². The van der Waals surface area contributed by atoms with Gasteiger partial charge in [0.05, 0.1) is 23.2 Å². The van der Waals surface area contributed by atoms with Crippen molar-refractivity contribution in [3.05, 3.63) is 65.2 Å². The van der Waals surface area contributed by atoms with E-state index in [9.17, 15) is 14.4 Å². The van der Waals surface area contributed by atoms with Crippen molar-refractivity contribution in [3.63, 3.8) is 0 Å². The van der Waals surface area contributed by atoms with Crippen molar-refractivity contribution in [2.75, 3.05) is 18.0 Å². The van der Waals surface area contributed by atoms with Gasteiger partial charge in [-0.3, -0.25) is 14.4 Å². The molecule has 0 unspecified atom stereocenters. The summed E-state index contributed by atoms with van der Waals surface area (Å²) in [4.78, 5) is 40.3. The van der Waals surface area contributed by atoms with Crippen LogP contribution in [0, 0.1) is 0 Å². The summed E-state index contributed by atoms with van der Waals surface area (Å²) in [5.41, 5.74) is 2.28. The summed E-state index contributed by atoms with van der Waals surface area (Å²) < 4.78 is 0. The molecular weight excluding hydrogens is 316 g/mol. The Labute approximate surface area is 145 Å². The molecule has 0 bridgehead atoms. The molecule has 2 aliphatic heterocycles. The summed E-state index contributed by atoms with van der Waals surface area (Å²) in [6.07, 6.45) is 2.50. The number of hydrogen-bond acceptors (Lipinski definition) is 3. The first-order chi connectivity index (χ1) is 12.1. The molecule has 0 saturated carbocycles. The number of hydrogen-bond donors (Lipinski definition) is 0. The van der Waals surface area contributed by atoms with E-state index in [4.69, 9.17) is 0 Å². The zero-order chi connectivity index (χ0) is 17.4. The second kappa shape index (κ2) is 6.16. The van der Waals surface area contributed by atoms with E-state index in [0.29, 0.717) is 23.2 Å². The Balaban J connectivity index is 1.52. The summed E-state index contributed by atoms with van der Waals surface area (Å²) >= 11 is 0. The molecule has 0 radical (unpaired) electrons. The number of benzene rings is 2. The van der Waals surface area contributed by atoms with Gasteiger partial charge in [0.25, 0.3) is 11.8 Å². The zero-order valence-corrected chi connectivity index (χ0v) is 13.8. The molecule has 2 aliphatic rings. The van der Waals surface area contributed by atoms with Gasteiger partial charge in [-0.2, -0.15) is 0 Å². The maximum atomic E-state index is 12.5. The molecule has 3 amide bonds. The van der Waals surface area contributed by atoms with E-state index in [-0.39, 0.29) is 17.7 Å². The van der Waals surface area contributed by atoms with Gasteiger partial charge in [-0.1, -0.05) is 24.3 Å². The Morgan fingerprint density at radius 3 is 1.96 bits per heavy atom. The van der Waals surface area contributed by atoms with E-state index in [1.54, 1.807) is 36.4 Å². The Hall–Kier alpha value is -2.95. The first-order valence-electron chi connectivity index (χ1n) is 8.50. The van der Waals surface area contributed by atoms with Gasteiger partial charge in [0.2, 0.25) is 5.91 Å². The Bertz CT molecular complexity index is 816. The molecule has 4 rings (SSSR count). The molecule has 0 spiro atoms. The van der Waals surface area contributed by atoms with E-state index >= 15 is 0 Å². The summed E-state index contributed by atoms with van der Waals surface area (Å²) in [7, 11) is 0. The minimum Gasteiger partial charge on any atom is -0.342 e. The average molecular weight is 334 g/mol. The largest absolute Gasteiger partial charge is 0.342 e. The van der Waals surface area contributed by atoms with Gasteiger partial charge in [-0.05, 0) is 42.7 Å². The highest BCUT2D eigenvalue weighted by Crippen LogP contribution is 2.28. The number of likely N-dealkylation sites (tertiary alicyclic amines) is 1. The summed E-state index contributed by atoms with van der Waals surface area (Å²) in [6.45, 7) is 1.68. The van der Waals surface area contributed by atoms with Crippen molar-refractivity contribution in [1.29, 1.82) is 0 Å². The highest BCUT2D eigenvalue weighted by molar-refractivity contribution is 6.34. The zero-order valence-electron chi connectivity index (χ0n) is 13.8. The van der Waals surface area contributed by atoms with Crippen LogP contribution in [0.2, 0.25) is 0 Å². The number of amides is 3. The molecule has 126 valence electrons. The number of fused-ring (bicyclic) bond motifs is 1. The van der Waals surface area contributed by atoms with E-state index in [2.05, 4.69) is 0 Å². The highest BCUT2D eigenvalue weighted by Gasteiger charge is 2.36. The SMILES string of the molecule is O=C(Cc1ccc(N2C(=O)c3ccccc3C2=O)cc1)N1CCCC1. The van der Waals surface area contributed by atoms with E-state index in [1.807, 2.05) is 17.0 Å². The predicted octanol–water partition coefficient (Wildman–Crippen LogP) is 2.65. The highest BCUT2D eigenvalue weighted by atomic mass is 16.2. The molecule has 0 aliphatic carbocycles. The molecule has 0 atom stereocenters. The van der Waals surface area contributed by atoms with Crippen molar-refractivity contribution in [3.8, 4) is 0 Å². The molecule has 25 heavy (non-hydrogen) atoms. The van der Waals surface area contributed by atoms with Crippen LogP contribution < -0.4 is 4.90 Å². The first-order valence-corrected chi connectivity index (χ1v) is 8.50. The van der Waals surface area contributed by atoms with E-state index in [0.717, 1.165) is 31.5 Å². The number of imide groups is 1. The summed E-state index contributed by atoms with van der Waals surface area (Å²) in [6, 6.07) is 13.9.